The molecule has 0 atom stereocenters. The van der Waals surface area contributed by atoms with Gasteiger partial charge in [-0.05, 0) is 26.7 Å². The summed E-state index contributed by atoms with van der Waals surface area (Å²) < 4.78 is 11.2. The van der Waals surface area contributed by atoms with Gasteiger partial charge in [0.05, 0.1) is 0 Å². The topological polar surface area (TPSA) is 24.9 Å². The van der Waals surface area contributed by atoms with Gasteiger partial charge in [-0.25, -0.2) is 0 Å². The highest BCUT2D eigenvalue weighted by atomic mass is 16.7. The van der Waals surface area contributed by atoms with Crippen molar-refractivity contribution in [3.8, 4) is 0 Å². The van der Waals surface area contributed by atoms with E-state index in [0.717, 1.165) is 32.2 Å². The van der Waals surface area contributed by atoms with E-state index in [0.29, 0.717) is 0 Å². The Hall–Kier alpha value is -0.160. The summed E-state index contributed by atoms with van der Waals surface area (Å²) in [5.74, 6) is 0. The van der Waals surface area contributed by atoms with Crippen LogP contribution in [0.3, 0.4) is 0 Å². The van der Waals surface area contributed by atoms with Crippen molar-refractivity contribution in [3.63, 3.8) is 0 Å². The zero-order chi connectivity index (χ0) is 12.8. The van der Waals surface area contributed by atoms with Crippen molar-refractivity contribution < 1.29 is 9.47 Å². The third kappa shape index (κ3) is 4.50. The quantitative estimate of drug-likeness (QED) is 0.615. The molecule has 4 nitrogen and oxygen atoms in total. The fraction of sp³-hybridized carbons (Fsp3) is 1.00. The van der Waals surface area contributed by atoms with Gasteiger partial charge in [-0.15, -0.1) is 0 Å². The van der Waals surface area contributed by atoms with Crippen molar-refractivity contribution in [1.29, 1.82) is 0 Å². The molecule has 0 spiro atoms. The molecule has 1 heterocycles. The van der Waals surface area contributed by atoms with Gasteiger partial charge in [-0.1, -0.05) is 0 Å². The number of ether oxygens (including phenoxy) is 2. The molecule has 1 saturated heterocycles. The fourth-order valence-electron chi connectivity index (χ4n) is 2.67. The van der Waals surface area contributed by atoms with E-state index < -0.39 is 0 Å². The first-order chi connectivity index (χ1) is 8.83. The van der Waals surface area contributed by atoms with Crippen molar-refractivity contribution in [1.82, 2.24) is 9.80 Å². The Balaban J connectivity index is 1.60. The number of hydrogen-bond donors (Lipinski definition) is 0. The molecule has 0 radical (unpaired) electrons. The van der Waals surface area contributed by atoms with E-state index >= 15 is 0 Å². The molecule has 1 aliphatic heterocycles. The minimum absolute atomic E-state index is 0.0125. The molecular formula is C14H28N2O2. The maximum atomic E-state index is 5.58. The van der Waals surface area contributed by atoms with Crippen molar-refractivity contribution >= 4 is 0 Å². The number of nitrogens with zero attached hydrogens (tertiary/aromatic N) is 2. The second kappa shape index (κ2) is 7.43. The monoisotopic (exact) mass is 256 g/mol. The molecular weight excluding hydrogens is 228 g/mol. The van der Waals surface area contributed by atoms with Crippen molar-refractivity contribution in [2.45, 2.75) is 45.4 Å². The molecule has 1 saturated carbocycles. The Kier molecular flexibility index (Phi) is 5.89. The van der Waals surface area contributed by atoms with Crippen LogP contribution in [0.25, 0.3) is 0 Å². The fourth-order valence-corrected chi connectivity index (χ4v) is 2.67. The summed E-state index contributed by atoms with van der Waals surface area (Å²) in [5.41, 5.74) is 0. The van der Waals surface area contributed by atoms with Gasteiger partial charge in [-0.3, -0.25) is 4.90 Å². The maximum Gasteiger partial charge on any atom is 0.158 e. The van der Waals surface area contributed by atoms with Crippen LogP contribution in [0.1, 0.15) is 33.1 Å². The van der Waals surface area contributed by atoms with Gasteiger partial charge in [0.25, 0.3) is 0 Å². The molecule has 0 aromatic rings. The second-order valence-electron chi connectivity index (χ2n) is 5.24. The lowest BCUT2D eigenvalue weighted by Crippen LogP contribution is -2.47. The summed E-state index contributed by atoms with van der Waals surface area (Å²) in [5, 5.41) is 0. The highest BCUT2D eigenvalue weighted by Gasteiger charge is 2.31. The van der Waals surface area contributed by atoms with Gasteiger partial charge in [0.1, 0.15) is 0 Å². The van der Waals surface area contributed by atoms with E-state index in [1.807, 2.05) is 13.8 Å². The summed E-state index contributed by atoms with van der Waals surface area (Å²) in [4.78, 5) is 5.20. The Morgan fingerprint density at radius 1 is 1.00 bits per heavy atom. The van der Waals surface area contributed by atoms with Gasteiger partial charge in [-0.2, -0.15) is 0 Å². The van der Waals surface area contributed by atoms with Crippen LogP contribution in [-0.2, 0) is 9.47 Å². The van der Waals surface area contributed by atoms with Crippen molar-refractivity contribution in [3.05, 3.63) is 0 Å². The summed E-state index contributed by atoms with van der Waals surface area (Å²) in [6.45, 7) is 11.5. The van der Waals surface area contributed by atoms with Crippen LogP contribution < -0.4 is 0 Å². The Morgan fingerprint density at radius 2 is 1.61 bits per heavy atom. The molecule has 2 rings (SSSR count). The Morgan fingerprint density at radius 3 is 2.11 bits per heavy atom. The zero-order valence-corrected chi connectivity index (χ0v) is 11.9. The second-order valence-corrected chi connectivity index (χ2v) is 5.24. The molecule has 0 aromatic heterocycles. The van der Waals surface area contributed by atoms with E-state index in [9.17, 15) is 0 Å². The summed E-state index contributed by atoms with van der Waals surface area (Å²) in [7, 11) is 0. The predicted molar refractivity (Wildman–Crippen MR) is 72.7 cm³/mol. The van der Waals surface area contributed by atoms with Crippen molar-refractivity contribution in [2.75, 3.05) is 45.9 Å². The SMILES string of the molecule is CCOC(CCN1CCN(C2CC2)CC1)OCC. The smallest absolute Gasteiger partial charge is 0.158 e. The molecule has 18 heavy (non-hydrogen) atoms. The molecule has 1 aliphatic carbocycles. The lowest BCUT2D eigenvalue weighted by molar-refractivity contribution is -0.142. The highest BCUT2D eigenvalue weighted by Crippen LogP contribution is 2.27. The molecule has 0 amide bonds. The van der Waals surface area contributed by atoms with Gasteiger partial charge in [0, 0.05) is 58.4 Å². The van der Waals surface area contributed by atoms with Crippen LogP contribution in [-0.4, -0.2) is 68.1 Å². The summed E-state index contributed by atoms with van der Waals surface area (Å²) in [6.07, 6.45) is 3.83. The average molecular weight is 256 g/mol. The van der Waals surface area contributed by atoms with Crippen LogP contribution in [0.2, 0.25) is 0 Å². The number of rotatable bonds is 8. The standard InChI is InChI=1S/C14H28N2O2/c1-3-17-14(18-4-2)7-8-15-9-11-16(12-10-15)13-5-6-13/h13-14H,3-12H2,1-2H3. The molecule has 0 bridgehead atoms. The summed E-state index contributed by atoms with van der Waals surface area (Å²) in [6, 6.07) is 0.923. The molecule has 0 N–H and O–H groups in total. The minimum Gasteiger partial charge on any atom is -0.353 e. The van der Waals surface area contributed by atoms with Crippen LogP contribution in [0.4, 0.5) is 0 Å². The van der Waals surface area contributed by atoms with Crippen LogP contribution in [0, 0.1) is 0 Å². The van der Waals surface area contributed by atoms with Crippen molar-refractivity contribution in [2.24, 2.45) is 0 Å². The third-order valence-electron chi connectivity index (χ3n) is 3.86. The molecule has 106 valence electrons. The summed E-state index contributed by atoms with van der Waals surface area (Å²) >= 11 is 0. The molecule has 4 heteroatoms. The molecule has 0 aromatic carbocycles. The Labute approximate surface area is 111 Å². The molecule has 2 fully saturated rings. The third-order valence-corrected chi connectivity index (χ3v) is 3.86. The van der Waals surface area contributed by atoms with Crippen LogP contribution >= 0.6 is 0 Å². The largest absolute Gasteiger partial charge is 0.353 e. The maximum absolute atomic E-state index is 5.58. The normalized spacial score (nSPS) is 22.8. The first-order valence-corrected chi connectivity index (χ1v) is 7.53. The number of piperazine rings is 1. The predicted octanol–water partition coefficient (Wildman–Crippen LogP) is 1.56. The van der Waals surface area contributed by atoms with E-state index in [-0.39, 0.29) is 6.29 Å². The first kappa shape index (κ1) is 14.3. The van der Waals surface area contributed by atoms with E-state index in [2.05, 4.69) is 9.80 Å². The highest BCUT2D eigenvalue weighted by molar-refractivity contribution is 4.87. The van der Waals surface area contributed by atoms with Crippen LogP contribution in [0.5, 0.6) is 0 Å². The first-order valence-electron chi connectivity index (χ1n) is 7.53. The molecule has 0 unspecified atom stereocenters. The zero-order valence-electron chi connectivity index (χ0n) is 11.9. The lowest BCUT2D eigenvalue weighted by Gasteiger charge is -2.35. The van der Waals surface area contributed by atoms with Gasteiger partial charge < -0.3 is 14.4 Å². The van der Waals surface area contributed by atoms with E-state index in [4.69, 9.17) is 9.47 Å². The molecule has 2 aliphatic rings. The van der Waals surface area contributed by atoms with Gasteiger partial charge >= 0.3 is 0 Å². The van der Waals surface area contributed by atoms with E-state index in [1.165, 1.54) is 39.0 Å². The van der Waals surface area contributed by atoms with Crippen LogP contribution in [0.15, 0.2) is 0 Å². The van der Waals surface area contributed by atoms with Gasteiger partial charge in [0.15, 0.2) is 6.29 Å². The average Bonchev–Trinajstić information content (AvgIpc) is 3.21. The number of hydrogen-bond acceptors (Lipinski definition) is 4. The minimum atomic E-state index is -0.0125. The van der Waals surface area contributed by atoms with Gasteiger partial charge in [0.2, 0.25) is 0 Å². The Bertz CT molecular complexity index is 220. The van der Waals surface area contributed by atoms with E-state index in [1.54, 1.807) is 0 Å². The lowest BCUT2D eigenvalue weighted by atomic mass is 10.3.